The molecule has 0 aliphatic carbocycles. The molecule has 1 atom stereocenters. The van der Waals surface area contributed by atoms with Gasteiger partial charge in [0.05, 0.1) is 13.7 Å². The number of nitrogens with two attached hydrogens (primary N) is 1. The normalized spacial score (nSPS) is 12.3. The highest BCUT2D eigenvalue weighted by atomic mass is 16.5. The van der Waals surface area contributed by atoms with Gasteiger partial charge in [0.15, 0.2) is 11.5 Å². The largest absolute Gasteiger partial charge is 0.493 e. The third kappa shape index (κ3) is 2.39. The molecular formula is C11H17NO2. The molecule has 14 heavy (non-hydrogen) atoms. The second-order valence-electron chi connectivity index (χ2n) is 3.13. The van der Waals surface area contributed by atoms with E-state index in [1.807, 2.05) is 32.0 Å². The fourth-order valence-corrected chi connectivity index (χ4v) is 1.24. The van der Waals surface area contributed by atoms with Crippen LogP contribution in [0.3, 0.4) is 0 Å². The topological polar surface area (TPSA) is 44.5 Å². The van der Waals surface area contributed by atoms with E-state index in [4.69, 9.17) is 15.2 Å². The van der Waals surface area contributed by atoms with Gasteiger partial charge in [0.25, 0.3) is 0 Å². The second kappa shape index (κ2) is 4.86. The monoisotopic (exact) mass is 195 g/mol. The lowest BCUT2D eigenvalue weighted by Gasteiger charge is -2.12. The Balaban J connectivity index is 3.01. The summed E-state index contributed by atoms with van der Waals surface area (Å²) in [5.41, 5.74) is 6.82. The molecule has 0 saturated carbocycles. The second-order valence-corrected chi connectivity index (χ2v) is 3.13. The molecular weight excluding hydrogens is 178 g/mol. The van der Waals surface area contributed by atoms with Crippen molar-refractivity contribution in [1.29, 1.82) is 0 Å². The van der Waals surface area contributed by atoms with Gasteiger partial charge in [-0.2, -0.15) is 0 Å². The number of benzene rings is 1. The molecule has 2 N–H and O–H groups in total. The van der Waals surface area contributed by atoms with Crippen molar-refractivity contribution >= 4 is 0 Å². The van der Waals surface area contributed by atoms with Gasteiger partial charge >= 0.3 is 0 Å². The van der Waals surface area contributed by atoms with Crippen LogP contribution in [-0.4, -0.2) is 13.7 Å². The first kappa shape index (κ1) is 10.9. The van der Waals surface area contributed by atoms with E-state index in [9.17, 15) is 0 Å². The summed E-state index contributed by atoms with van der Waals surface area (Å²) >= 11 is 0. The number of methoxy groups -OCH3 is 1. The predicted molar refractivity (Wildman–Crippen MR) is 56.8 cm³/mol. The molecule has 0 radical (unpaired) electrons. The van der Waals surface area contributed by atoms with Crippen LogP contribution in [-0.2, 0) is 0 Å². The average Bonchev–Trinajstić information content (AvgIpc) is 2.18. The lowest BCUT2D eigenvalue weighted by molar-refractivity contribution is 0.310. The molecule has 0 saturated heterocycles. The fourth-order valence-electron chi connectivity index (χ4n) is 1.24. The lowest BCUT2D eigenvalue weighted by atomic mass is 10.1. The van der Waals surface area contributed by atoms with Crippen molar-refractivity contribution in [1.82, 2.24) is 0 Å². The van der Waals surface area contributed by atoms with Crippen molar-refractivity contribution in [2.24, 2.45) is 5.73 Å². The van der Waals surface area contributed by atoms with E-state index in [1.54, 1.807) is 7.11 Å². The van der Waals surface area contributed by atoms with Gasteiger partial charge in [-0.1, -0.05) is 6.07 Å². The van der Waals surface area contributed by atoms with Crippen LogP contribution in [0.5, 0.6) is 11.5 Å². The molecule has 1 unspecified atom stereocenters. The van der Waals surface area contributed by atoms with Gasteiger partial charge in [-0.25, -0.2) is 0 Å². The Hall–Kier alpha value is -1.22. The van der Waals surface area contributed by atoms with Gasteiger partial charge in [0, 0.05) is 6.04 Å². The minimum atomic E-state index is 0.0140. The van der Waals surface area contributed by atoms with Crippen LogP contribution in [0.1, 0.15) is 25.5 Å². The van der Waals surface area contributed by atoms with Crippen LogP contribution in [0.2, 0.25) is 0 Å². The zero-order chi connectivity index (χ0) is 10.6. The molecule has 0 spiro atoms. The summed E-state index contributed by atoms with van der Waals surface area (Å²) in [6, 6.07) is 5.77. The zero-order valence-electron chi connectivity index (χ0n) is 8.91. The van der Waals surface area contributed by atoms with E-state index in [-0.39, 0.29) is 6.04 Å². The molecule has 0 aliphatic heterocycles. The average molecular weight is 195 g/mol. The molecule has 0 fully saturated rings. The molecule has 3 nitrogen and oxygen atoms in total. The van der Waals surface area contributed by atoms with E-state index >= 15 is 0 Å². The summed E-state index contributed by atoms with van der Waals surface area (Å²) in [5.74, 6) is 1.50. The van der Waals surface area contributed by atoms with E-state index < -0.39 is 0 Å². The maximum absolute atomic E-state index is 5.77. The van der Waals surface area contributed by atoms with Crippen LogP contribution < -0.4 is 15.2 Å². The van der Waals surface area contributed by atoms with Gasteiger partial charge in [0.1, 0.15) is 0 Å². The predicted octanol–water partition coefficient (Wildman–Crippen LogP) is 2.11. The van der Waals surface area contributed by atoms with E-state index in [1.165, 1.54) is 0 Å². The Kier molecular flexibility index (Phi) is 3.77. The summed E-state index contributed by atoms with van der Waals surface area (Å²) in [4.78, 5) is 0. The first-order valence-electron chi connectivity index (χ1n) is 4.75. The third-order valence-electron chi connectivity index (χ3n) is 2.01. The summed E-state index contributed by atoms with van der Waals surface area (Å²) in [5, 5.41) is 0. The highest BCUT2D eigenvalue weighted by Gasteiger charge is 2.07. The molecule has 0 aliphatic rings. The van der Waals surface area contributed by atoms with Crippen LogP contribution in [0.4, 0.5) is 0 Å². The van der Waals surface area contributed by atoms with Crippen molar-refractivity contribution in [3.63, 3.8) is 0 Å². The van der Waals surface area contributed by atoms with Crippen molar-refractivity contribution in [3.8, 4) is 11.5 Å². The molecule has 78 valence electrons. The number of rotatable bonds is 4. The van der Waals surface area contributed by atoms with Crippen LogP contribution in [0, 0.1) is 0 Å². The van der Waals surface area contributed by atoms with Crippen LogP contribution >= 0.6 is 0 Å². The highest BCUT2D eigenvalue weighted by molar-refractivity contribution is 5.43. The Morgan fingerprint density at radius 2 is 2.07 bits per heavy atom. The van der Waals surface area contributed by atoms with Crippen LogP contribution in [0.25, 0.3) is 0 Å². The van der Waals surface area contributed by atoms with Crippen molar-refractivity contribution in [2.45, 2.75) is 19.9 Å². The molecule has 1 aromatic carbocycles. The summed E-state index contributed by atoms with van der Waals surface area (Å²) in [7, 11) is 1.63. The zero-order valence-corrected chi connectivity index (χ0v) is 8.91. The number of hydrogen-bond donors (Lipinski definition) is 1. The number of hydrogen-bond acceptors (Lipinski definition) is 3. The number of ether oxygens (including phenoxy) is 2. The molecule has 3 heteroatoms. The van der Waals surface area contributed by atoms with E-state index in [2.05, 4.69) is 0 Å². The first-order valence-corrected chi connectivity index (χ1v) is 4.75. The molecule has 1 aromatic rings. The SMILES string of the molecule is CCOc1cc(C(C)N)ccc1OC. The standard InChI is InChI=1S/C11H17NO2/c1-4-14-11-7-9(8(2)12)5-6-10(11)13-3/h5-8H,4,12H2,1-3H3. The van der Waals surface area contributed by atoms with Gasteiger partial charge in [0.2, 0.25) is 0 Å². The van der Waals surface area contributed by atoms with Gasteiger partial charge < -0.3 is 15.2 Å². The van der Waals surface area contributed by atoms with E-state index in [0.29, 0.717) is 6.61 Å². The molecule has 1 rings (SSSR count). The molecule has 0 bridgehead atoms. The Morgan fingerprint density at radius 1 is 1.36 bits per heavy atom. The minimum absolute atomic E-state index is 0.0140. The van der Waals surface area contributed by atoms with Gasteiger partial charge in [-0.05, 0) is 31.5 Å². The first-order chi connectivity index (χ1) is 6.69. The Bertz CT molecular complexity index is 297. The third-order valence-corrected chi connectivity index (χ3v) is 2.01. The maximum Gasteiger partial charge on any atom is 0.161 e. The summed E-state index contributed by atoms with van der Waals surface area (Å²) < 4.78 is 10.6. The fraction of sp³-hybridized carbons (Fsp3) is 0.455. The Morgan fingerprint density at radius 3 is 2.57 bits per heavy atom. The quantitative estimate of drug-likeness (QED) is 0.800. The maximum atomic E-state index is 5.77. The van der Waals surface area contributed by atoms with Gasteiger partial charge in [-0.15, -0.1) is 0 Å². The Labute approximate surface area is 84.8 Å². The molecule has 0 heterocycles. The van der Waals surface area contributed by atoms with Crippen molar-refractivity contribution < 1.29 is 9.47 Å². The van der Waals surface area contributed by atoms with E-state index in [0.717, 1.165) is 17.1 Å². The highest BCUT2D eigenvalue weighted by Crippen LogP contribution is 2.29. The minimum Gasteiger partial charge on any atom is -0.493 e. The van der Waals surface area contributed by atoms with Crippen molar-refractivity contribution in [3.05, 3.63) is 23.8 Å². The smallest absolute Gasteiger partial charge is 0.161 e. The summed E-state index contributed by atoms with van der Waals surface area (Å²) in [6.07, 6.45) is 0. The summed E-state index contributed by atoms with van der Waals surface area (Å²) in [6.45, 7) is 4.51. The van der Waals surface area contributed by atoms with Crippen LogP contribution in [0.15, 0.2) is 18.2 Å². The van der Waals surface area contributed by atoms with Gasteiger partial charge in [-0.3, -0.25) is 0 Å². The lowest BCUT2D eigenvalue weighted by Crippen LogP contribution is -2.05. The van der Waals surface area contributed by atoms with Crippen molar-refractivity contribution in [2.75, 3.05) is 13.7 Å². The molecule has 0 amide bonds. The molecule has 0 aromatic heterocycles.